The summed E-state index contributed by atoms with van der Waals surface area (Å²) in [5.41, 5.74) is -0.534. The Morgan fingerprint density at radius 2 is 2.10 bits per heavy atom. The first-order valence-corrected chi connectivity index (χ1v) is 6.55. The zero-order valence-corrected chi connectivity index (χ0v) is 12.0. The monoisotopic (exact) mass is 349 g/mol. The van der Waals surface area contributed by atoms with E-state index in [1.807, 2.05) is 0 Å². The van der Waals surface area contributed by atoms with E-state index in [9.17, 15) is 13.2 Å². The van der Waals surface area contributed by atoms with Crippen LogP contribution < -0.4 is 5.32 Å². The summed E-state index contributed by atoms with van der Waals surface area (Å²) in [4.78, 5) is 4.07. The fourth-order valence-electron chi connectivity index (χ4n) is 1.59. The summed E-state index contributed by atoms with van der Waals surface area (Å²) in [7, 11) is 1.78. The number of hydrogen-bond donors (Lipinski definition) is 1. The molecule has 1 N–H and O–H groups in total. The lowest BCUT2D eigenvalue weighted by Gasteiger charge is -2.09. The summed E-state index contributed by atoms with van der Waals surface area (Å²) in [6, 6.07) is 3.80. The lowest BCUT2D eigenvalue weighted by atomic mass is 10.1. The average molecular weight is 350 g/mol. The van der Waals surface area contributed by atoms with Crippen LogP contribution in [0, 0.1) is 0 Å². The second kappa shape index (κ2) is 5.92. The van der Waals surface area contributed by atoms with E-state index in [1.54, 1.807) is 7.05 Å². The van der Waals surface area contributed by atoms with Gasteiger partial charge in [-0.3, -0.25) is 0 Å². The van der Waals surface area contributed by atoms with Gasteiger partial charge in [-0.05, 0) is 25.2 Å². The molecule has 108 valence electrons. The Morgan fingerprint density at radius 1 is 1.35 bits per heavy atom. The standard InChI is InChI=1S/C12H11BrF3N3O/c1-17-5-4-10-18-11(20-19-10)7-2-3-9(13)8(6-7)12(14,15)16/h2-3,6,17H,4-5H2,1H3. The SMILES string of the molecule is CNCCc1noc(-c2ccc(Br)c(C(F)(F)F)c2)n1. The van der Waals surface area contributed by atoms with E-state index in [4.69, 9.17) is 4.52 Å². The fourth-order valence-corrected chi connectivity index (χ4v) is 2.06. The molecule has 20 heavy (non-hydrogen) atoms. The first-order chi connectivity index (χ1) is 9.41. The van der Waals surface area contributed by atoms with Gasteiger partial charge in [0, 0.05) is 23.0 Å². The quantitative estimate of drug-likeness (QED) is 0.920. The zero-order chi connectivity index (χ0) is 14.8. The number of benzene rings is 1. The number of aromatic nitrogens is 2. The van der Waals surface area contributed by atoms with Gasteiger partial charge in [0.2, 0.25) is 0 Å². The molecule has 0 saturated carbocycles. The second-order valence-corrected chi connectivity index (χ2v) is 4.92. The summed E-state index contributed by atoms with van der Waals surface area (Å²) in [6.07, 6.45) is -3.90. The smallest absolute Gasteiger partial charge is 0.334 e. The van der Waals surface area contributed by atoms with Crippen LogP contribution >= 0.6 is 15.9 Å². The number of halogens is 4. The van der Waals surface area contributed by atoms with Crippen molar-refractivity contribution in [1.29, 1.82) is 0 Å². The van der Waals surface area contributed by atoms with Crippen LogP contribution in [-0.2, 0) is 12.6 Å². The van der Waals surface area contributed by atoms with Crippen LogP contribution in [0.15, 0.2) is 27.2 Å². The first kappa shape index (κ1) is 15.0. The topological polar surface area (TPSA) is 51.0 Å². The van der Waals surface area contributed by atoms with Crippen molar-refractivity contribution in [2.75, 3.05) is 13.6 Å². The van der Waals surface area contributed by atoms with Crippen molar-refractivity contribution in [3.05, 3.63) is 34.1 Å². The number of nitrogens with one attached hydrogen (secondary N) is 1. The molecule has 1 aromatic heterocycles. The molecule has 0 saturated heterocycles. The minimum absolute atomic E-state index is 0.0244. The summed E-state index contributed by atoms with van der Waals surface area (Å²) >= 11 is 2.88. The van der Waals surface area contributed by atoms with Crippen LogP contribution in [0.5, 0.6) is 0 Å². The van der Waals surface area contributed by atoms with Gasteiger partial charge in [-0.2, -0.15) is 18.2 Å². The molecule has 0 unspecified atom stereocenters. The molecule has 0 aliphatic carbocycles. The number of nitrogens with zero attached hydrogens (tertiary/aromatic N) is 2. The van der Waals surface area contributed by atoms with Gasteiger partial charge in [0.15, 0.2) is 5.82 Å². The highest BCUT2D eigenvalue weighted by Crippen LogP contribution is 2.37. The van der Waals surface area contributed by atoms with Crippen LogP contribution in [0.1, 0.15) is 11.4 Å². The van der Waals surface area contributed by atoms with Gasteiger partial charge in [-0.15, -0.1) is 0 Å². The van der Waals surface area contributed by atoms with Crippen LogP contribution in [-0.4, -0.2) is 23.7 Å². The molecule has 0 bridgehead atoms. The third-order valence-electron chi connectivity index (χ3n) is 2.59. The fraction of sp³-hybridized carbons (Fsp3) is 0.333. The van der Waals surface area contributed by atoms with Crippen molar-refractivity contribution in [2.45, 2.75) is 12.6 Å². The van der Waals surface area contributed by atoms with Crippen LogP contribution in [0.3, 0.4) is 0 Å². The molecule has 0 radical (unpaired) electrons. The molecule has 0 aliphatic rings. The molecule has 2 rings (SSSR count). The minimum atomic E-state index is -4.44. The van der Waals surface area contributed by atoms with E-state index in [0.29, 0.717) is 18.8 Å². The highest BCUT2D eigenvalue weighted by atomic mass is 79.9. The van der Waals surface area contributed by atoms with Gasteiger partial charge >= 0.3 is 6.18 Å². The van der Waals surface area contributed by atoms with Crippen molar-refractivity contribution in [2.24, 2.45) is 0 Å². The van der Waals surface area contributed by atoms with Gasteiger partial charge in [0.25, 0.3) is 5.89 Å². The van der Waals surface area contributed by atoms with Gasteiger partial charge < -0.3 is 9.84 Å². The lowest BCUT2D eigenvalue weighted by molar-refractivity contribution is -0.138. The molecule has 1 heterocycles. The predicted octanol–water partition coefficient (Wildman–Crippen LogP) is 3.28. The molecule has 2 aromatic rings. The van der Waals surface area contributed by atoms with E-state index in [2.05, 4.69) is 31.4 Å². The molecular formula is C12H11BrF3N3O. The predicted molar refractivity (Wildman–Crippen MR) is 70.1 cm³/mol. The van der Waals surface area contributed by atoms with E-state index in [0.717, 1.165) is 6.07 Å². The average Bonchev–Trinajstić information content (AvgIpc) is 2.84. The Balaban J connectivity index is 2.31. The molecule has 0 amide bonds. The Bertz CT molecular complexity index is 598. The Morgan fingerprint density at radius 3 is 2.75 bits per heavy atom. The summed E-state index contributed by atoms with van der Waals surface area (Å²) in [6.45, 7) is 0.660. The summed E-state index contributed by atoms with van der Waals surface area (Å²) in [5.74, 6) is 0.528. The Labute approximate surface area is 121 Å². The molecular weight excluding hydrogens is 339 g/mol. The third-order valence-corrected chi connectivity index (χ3v) is 3.28. The number of likely N-dealkylation sites (N-methyl/N-ethyl adjacent to an activating group) is 1. The summed E-state index contributed by atoms with van der Waals surface area (Å²) < 4.78 is 43.4. The Kier molecular flexibility index (Phi) is 4.44. The molecule has 0 spiro atoms. The number of alkyl halides is 3. The van der Waals surface area contributed by atoms with Crippen molar-refractivity contribution >= 4 is 15.9 Å². The third kappa shape index (κ3) is 3.37. The van der Waals surface area contributed by atoms with Crippen LogP contribution in [0.2, 0.25) is 0 Å². The summed E-state index contributed by atoms with van der Waals surface area (Å²) in [5, 5.41) is 6.65. The van der Waals surface area contributed by atoms with E-state index >= 15 is 0 Å². The molecule has 1 aromatic carbocycles. The van der Waals surface area contributed by atoms with E-state index < -0.39 is 11.7 Å². The molecule has 4 nitrogen and oxygen atoms in total. The van der Waals surface area contributed by atoms with Gasteiger partial charge in [-0.25, -0.2) is 0 Å². The van der Waals surface area contributed by atoms with Crippen LogP contribution in [0.4, 0.5) is 13.2 Å². The van der Waals surface area contributed by atoms with Crippen molar-refractivity contribution < 1.29 is 17.7 Å². The normalized spacial score (nSPS) is 11.8. The molecule has 8 heteroatoms. The van der Waals surface area contributed by atoms with Crippen molar-refractivity contribution in [3.63, 3.8) is 0 Å². The molecule has 0 fully saturated rings. The minimum Gasteiger partial charge on any atom is -0.334 e. The van der Waals surface area contributed by atoms with Crippen molar-refractivity contribution in [3.8, 4) is 11.5 Å². The first-order valence-electron chi connectivity index (χ1n) is 5.76. The highest BCUT2D eigenvalue weighted by molar-refractivity contribution is 9.10. The van der Waals surface area contributed by atoms with Gasteiger partial charge in [0.05, 0.1) is 5.56 Å². The maximum Gasteiger partial charge on any atom is 0.417 e. The molecule has 0 atom stereocenters. The van der Waals surface area contributed by atoms with E-state index in [1.165, 1.54) is 12.1 Å². The number of hydrogen-bond acceptors (Lipinski definition) is 4. The number of rotatable bonds is 4. The van der Waals surface area contributed by atoms with Crippen molar-refractivity contribution in [1.82, 2.24) is 15.5 Å². The second-order valence-electron chi connectivity index (χ2n) is 4.06. The van der Waals surface area contributed by atoms with Gasteiger partial charge in [-0.1, -0.05) is 21.1 Å². The maximum atomic E-state index is 12.8. The lowest BCUT2D eigenvalue weighted by Crippen LogP contribution is -2.11. The van der Waals surface area contributed by atoms with E-state index in [-0.39, 0.29) is 15.9 Å². The molecule has 0 aliphatic heterocycles. The largest absolute Gasteiger partial charge is 0.417 e. The van der Waals surface area contributed by atoms with Gasteiger partial charge in [0.1, 0.15) is 0 Å². The highest BCUT2D eigenvalue weighted by Gasteiger charge is 2.33. The zero-order valence-electron chi connectivity index (χ0n) is 10.5. The maximum absolute atomic E-state index is 12.8. The van der Waals surface area contributed by atoms with Crippen LogP contribution in [0.25, 0.3) is 11.5 Å². The Hall–Kier alpha value is -1.41.